The van der Waals surface area contributed by atoms with Crippen molar-refractivity contribution in [3.8, 4) is 0 Å². The minimum absolute atomic E-state index is 0.443. The minimum atomic E-state index is 0.443. The third-order valence-electron chi connectivity index (χ3n) is 2.66. The molecule has 62 valence electrons. The monoisotopic (exact) mass is 171 g/mol. The molecule has 1 saturated carbocycles. The predicted molar refractivity (Wildman–Crippen MR) is 47.4 cm³/mol. The maximum Gasteiger partial charge on any atom is 0.259 e. The second kappa shape index (κ2) is 2.63. The average Bonchev–Trinajstić information content (AvgIpc) is 2.36. The highest BCUT2D eigenvalue weighted by Gasteiger charge is 2.35. The second-order valence-electron chi connectivity index (χ2n) is 3.49. The van der Waals surface area contributed by atoms with Gasteiger partial charge in [-0.25, -0.2) is 0 Å². The first kappa shape index (κ1) is 7.35. The Kier molecular flexibility index (Phi) is 1.75. The van der Waals surface area contributed by atoms with Crippen molar-refractivity contribution in [3.05, 3.63) is 0 Å². The summed E-state index contributed by atoms with van der Waals surface area (Å²) in [5, 5.41) is 0.688. The molecule has 0 bridgehead atoms. The van der Waals surface area contributed by atoms with Gasteiger partial charge in [-0.15, -0.1) is 0 Å². The van der Waals surface area contributed by atoms with Crippen LogP contribution in [0.2, 0.25) is 0 Å². The first-order chi connectivity index (χ1) is 5.27. The van der Waals surface area contributed by atoms with Crippen LogP contribution in [-0.4, -0.2) is 29.8 Å². The number of ether oxygens (including phenoxy) is 1. The molecule has 11 heavy (non-hydrogen) atoms. The van der Waals surface area contributed by atoms with E-state index in [9.17, 15) is 0 Å². The first-order valence-corrected chi connectivity index (χ1v) is 4.60. The molecule has 2 nitrogen and oxygen atoms in total. The van der Waals surface area contributed by atoms with Gasteiger partial charge in [0.05, 0.1) is 0 Å². The fourth-order valence-electron chi connectivity index (χ4n) is 2.01. The summed E-state index contributed by atoms with van der Waals surface area (Å²) in [5.74, 6) is 0.742. The van der Waals surface area contributed by atoms with Crippen LogP contribution >= 0.6 is 12.2 Å². The molecule has 0 aromatic rings. The Morgan fingerprint density at radius 2 is 2.36 bits per heavy atom. The highest BCUT2D eigenvalue weighted by Crippen LogP contribution is 2.32. The van der Waals surface area contributed by atoms with Gasteiger partial charge in [-0.3, -0.25) is 0 Å². The maximum absolute atomic E-state index is 5.58. The van der Waals surface area contributed by atoms with Crippen LogP contribution in [-0.2, 0) is 4.74 Å². The third-order valence-corrected chi connectivity index (χ3v) is 3.07. The first-order valence-electron chi connectivity index (χ1n) is 4.19. The van der Waals surface area contributed by atoms with Crippen LogP contribution in [0.3, 0.4) is 0 Å². The van der Waals surface area contributed by atoms with Gasteiger partial charge in [0.15, 0.2) is 0 Å². The van der Waals surface area contributed by atoms with Crippen LogP contribution in [0.4, 0.5) is 0 Å². The molecule has 0 radical (unpaired) electrons. The van der Waals surface area contributed by atoms with E-state index in [0.29, 0.717) is 11.3 Å². The summed E-state index contributed by atoms with van der Waals surface area (Å²) in [6.07, 6.45) is 4.28. The molecule has 1 saturated heterocycles. The lowest BCUT2D eigenvalue weighted by atomic mass is 10.0. The van der Waals surface area contributed by atoms with Gasteiger partial charge in [-0.2, -0.15) is 0 Å². The number of fused-ring (bicyclic) bond motifs is 1. The lowest BCUT2D eigenvalue weighted by Gasteiger charge is -2.34. The Hall–Kier alpha value is -0.310. The van der Waals surface area contributed by atoms with E-state index in [4.69, 9.17) is 17.0 Å². The Balaban J connectivity index is 2.06. The van der Waals surface area contributed by atoms with E-state index < -0.39 is 0 Å². The number of nitrogens with zero attached hydrogens (tertiary/aromatic N) is 1. The summed E-state index contributed by atoms with van der Waals surface area (Å²) in [5.41, 5.74) is 0. The minimum Gasteiger partial charge on any atom is -0.467 e. The molecule has 0 spiro atoms. The Bertz CT molecular complexity index is 183. The number of thiocarbonyl (C=S) groups is 1. The molecule has 2 fully saturated rings. The van der Waals surface area contributed by atoms with Gasteiger partial charge < -0.3 is 9.64 Å². The number of hydrogen-bond acceptors (Lipinski definition) is 2. The van der Waals surface area contributed by atoms with Crippen molar-refractivity contribution in [2.75, 3.05) is 13.6 Å². The lowest BCUT2D eigenvalue weighted by molar-refractivity contribution is 0.0758. The van der Waals surface area contributed by atoms with E-state index in [2.05, 4.69) is 0 Å². The smallest absolute Gasteiger partial charge is 0.259 e. The Labute approximate surface area is 72.5 Å². The van der Waals surface area contributed by atoms with E-state index in [1.807, 2.05) is 11.9 Å². The van der Waals surface area contributed by atoms with Gasteiger partial charge in [0.2, 0.25) is 0 Å². The van der Waals surface area contributed by atoms with Crippen LogP contribution in [0.25, 0.3) is 0 Å². The van der Waals surface area contributed by atoms with Gasteiger partial charge in [0, 0.05) is 19.5 Å². The lowest BCUT2D eigenvalue weighted by Crippen LogP contribution is -2.43. The van der Waals surface area contributed by atoms with Crippen molar-refractivity contribution in [3.63, 3.8) is 0 Å². The highest BCUT2D eigenvalue weighted by molar-refractivity contribution is 7.80. The molecule has 0 amide bonds. The van der Waals surface area contributed by atoms with Crippen molar-refractivity contribution in [2.24, 2.45) is 5.92 Å². The van der Waals surface area contributed by atoms with Crippen molar-refractivity contribution in [2.45, 2.75) is 25.4 Å². The van der Waals surface area contributed by atoms with Gasteiger partial charge in [-0.1, -0.05) is 0 Å². The molecule has 2 unspecified atom stereocenters. The van der Waals surface area contributed by atoms with Gasteiger partial charge >= 0.3 is 0 Å². The summed E-state index contributed by atoms with van der Waals surface area (Å²) in [6, 6.07) is 0. The zero-order valence-electron chi connectivity index (χ0n) is 6.75. The van der Waals surface area contributed by atoms with Crippen molar-refractivity contribution in [1.29, 1.82) is 0 Å². The van der Waals surface area contributed by atoms with E-state index in [1.54, 1.807) is 0 Å². The molecular formula is C8H13NOS. The fraction of sp³-hybridized carbons (Fsp3) is 0.875. The van der Waals surface area contributed by atoms with Crippen LogP contribution in [0.15, 0.2) is 0 Å². The normalized spacial score (nSPS) is 36.8. The molecule has 2 aliphatic rings. The Morgan fingerprint density at radius 3 is 3.18 bits per heavy atom. The van der Waals surface area contributed by atoms with E-state index in [1.165, 1.54) is 19.3 Å². The van der Waals surface area contributed by atoms with Gasteiger partial charge in [0.1, 0.15) is 6.10 Å². The zero-order chi connectivity index (χ0) is 7.84. The van der Waals surface area contributed by atoms with Crippen LogP contribution in [0, 0.1) is 5.92 Å². The molecule has 1 aliphatic heterocycles. The van der Waals surface area contributed by atoms with Crippen LogP contribution < -0.4 is 0 Å². The van der Waals surface area contributed by atoms with E-state index in [0.717, 1.165) is 12.5 Å². The topological polar surface area (TPSA) is 12.5 Å². The summed E-state index contributed by atoms with van der Waals surface area (Å²) in [4.78, 5) is 2.04. The summed E-state index contributed by atoms with van der Waals surface area (Å²) in [7, 11) is 2.01. The van der Waals surface area contributed by atoms with Crippen molar-refractivity contribution < 1.29 is 4.74 Å². The average molecular weight is 171 g/mol. The maximum atomic E-state index is 5.58. The molecule has 0 aromatic carbocycles. The highest BCUT2D eigenvalue weighted by atomic mass is 32.1. The third kappa shape index (κ3) is 1.22. The summed E-state index contributed by atoms with van der Waals surface area (Å²) in [6.45, 7) is 1.10. The van der Waals surface area contributed by atoms with Crippen molar-refractivity contribution >= 4 is 17.4 Å². The molecule has 0 aromatic heterocycles. The second-order valence-corrected chi connectivity index (χ2v) is 3.84. The summed E-state index contributed by atoms with van der Waals surface area (Å²) < 4.78 is 5.58. The van der Waals surface area contributed by atoms with Crippen molar-refractivity contribution in [1.82, 2.24) is 4.90 Å². The molecule has 3 heteroatoms. The van der Waals surface area contributed by atoms with Crippen LogP contribution in [0.5, 0.6) is 0 Å². The molecule has 1 aliphatic carbocycles. The number of rotatable bonds is 0. The predicted octanol–water partition coefficient (Wildman–Crippen LogP) is 1.40. The molecule has 2 atom stereocenters. The largest absolute Gasteiger partial charge is 0.467 e. The van der Waals surface area contributed by atoms with Gasteiger partial charge in [0.25, 0.3) is 5.17 Å². The number of hydrogen-bond donors (Lipinski definition) is 0. The Morgan fingerprint density at radius 1 is 1.55 bits per heavy atom. The van der Waals surface area contributed by atoms with Crippen LogP contribution in [0.1, 0.15) is 19.3 Å². The molecule has 0 N–H and O–H groups in total. The SMILES string of the molecule is CN1CC2CCCC2OC1=S. The van der Waals surface area contributed by atoms with E-state index >= 15 is 0 Å². The quantitative estimate of drug-likeness (QED) is 0.511. The zero-order valence-corrected chi connectivity index (χ0v) is 7.56. The fourth-order valence-corrected chi connectivity index (χ4v) is 2.21. The molecular weight excluding hydrogens is 158 g/mol. The summed E-state index contributed by atoms with van der Waals surface area (Å²) >= 11 is 5.06. The van der Waals surface area contributed by atoms with Gasteiger partial charge in [-0.05, 0) is 31.5 Å². The standard InChI is InChI=1S/C8H13NOS/c1-9-5-6-3-2-4-7(6)10-8(9)11/h6-7H,2-5H2,1H3. The molecule has 2 rings (SSSR count). The van der Waals surface area contributed by atoms with E-state index in [-0.39, 0.29) is 0 Å². The molecule has 1 heterocycles.